The summed E-state index contributed by atoms with van der Waals surface area (Å²) in [4.78, 5) is 8.51. The van der Waals surface area contributed by atoms with E-state index in [1.54, 1.807) is 6.07 Å². The van der Waals surface area contributed by atoms with Crippen molar-refractivity contribution in [2.75, 3.05) is 7.11 Å². The molecule has 5 nitrogen and oxygen atoms in total. The van der Waals surface area contributed by atoms with Crippen molar-refractivity contribution < 1.29 is 4.74 Å². The average Bonchev–Trinajstić information content (AvgIpc) is 2.83. The number of ether oxygens (including phenoxy) is 1. The smallest absolute Gasteiger partial charge is 0.337 e. The van der Waals surface area contributed by atoms with Crippen molar-refractivity contribution in [1.29, 1.82) is 0 Å². The second-order valence-electron chi connectivity index (χ2n) is 3.64. The van der Waals surface area contributed by atoms with E-state index in [-0.39, 0.29) is 6.01 Å². The molecule has 0 bridgehead atoms. The Labute approximate surface area is 108 Å². The van der Waals surface area contributed by atoms with Crippen LogP contribution in [0.15, 0.2) is 36.4 Å². The maximum atomic E-state index is 6.15. The number of hydrogen-bond acceptors (Lipinski definition) is 4. The molecule has 0 radical (unpaired) electrons. The molecule has 0 saturated carbocycles. The Morgan fingerprint density at radius 1 is 1.17 bits per heavy atom. The lowest BCUT2D eigenvalue weighted by Crippen LogP contribution is -1.95. The van der Waals surface area contributed by atoms with Gasteiger partial charge in [0.05, 0.1) is 12.8 Å². The molecule has 3 aromatic rings. The molecule has 2 heterocycles. The van der Waals surface area contributed by atoms with Crippen LogP contribution in [-0.2, 0) is 0 Å². The Morgan fingerprint density at radius 3 is 2.67 bits per heavy atom. The Bertz CT molecular complexity index is 696. The molecule has 0 unspecified atom stereocenters. The van der Waals surface area contributed by atoms with E-state index in [0.717, 1.165) is 11.3 Å². The molecule has 0 aliphatic carbocycles. The second kappa shape index (κ2) is 4.27. The molecule has 18 heavy (non-hydrogen) atoms. The van der Waals surface area contributed by atoms with Crippen molar-refractivity contribution in [2.24, 2.45) is 0 Å². The van der Waals surface area contributed by atoms with Crippen molar-refractivity contribution in [3.63, 3.8) is 0 Å². The molecule has 0 amide bonds. The molecular weight excluding hydrogens is 252 g/mol. The highest BCUT2D eigenvalue weighted by atomic mass is 35.5. The summed E-state index contributed by atoms with van der Waals surface area (Å²) in [7, 11) is 1.50. The Balaban J connectivity index is 2.21. The van der Waals surface area contributed by atoms with E-state index in [1.807, 2.05) is 30.3 Å². The molecule has 3 rings (SSSR count). The van der Waals surface area contributed by atoms with Gasteiger partial charge in [0, 0.05) is 11.6 Å². The Hall–Kier alpha value is -2.14. The van der Waals surface area contributed by atoms with Crippen molar-refractivity contribution in [3.05, 3.63) is 41.6 Å². The van der Waals surface area contributed by atoms with Crippen LogP contribution >= 0.6 is 11.6 Å². The molecule has 0 aliphatic rings. The van der Waals surface area contributed by atoms with Gasteiger partial charge in [-0.3, -0.25) is 0 Å². The molecule has 0 spiro atoms. The third-order valence-corrected chi connectivity index (χ3v) is 2.77. The average molecular weight is 261 g/mol. The fourth-order valence-corrected chi connectivity index (χ4v) is 1.88. The lowest BCUT2D eigenvalue weighted by molar-refractivity contribution is 0.380. The Morgan fingerprint density at radius 2 is 1.94 bits per heavy atom. The minimum Gasteiger partial charge on any atom is -0.466 e. The lowest BCUT2D eigenvalue weighted by atomic mass is 10.1. The highest BCUT2D eigenvalue weighted by molar-refractivity contribution is 6.29. The minimum atomic E-state index is 0.245. The topological polar surface area (TPSA) is 52.3 Å². The van der Waals surface area contributed by atoms with Crippen LogP contribution in [0.2, 0.25) is 5.15 Å². The van der Waals surface area contributed by atoms with Gasteiger partial charge >= 0.3 is 6.01 Å². The normalized spacial score (nSPS) is 10.8. The van der Waals surface area contributed by atoms with E-state index in [2.05, 4.69) is 15.1 Å². The zero-order valence-electron chi connectivity index (χ0n) is 9.54. The lowest BCUT2D eigenvalue weighted by Gasteiger charge is -2.01. The third kappa shape index (κ3) is 1.78. The van der Waals surface area contributed by atoms with E-state index in [0.29, 0.717) is 10.9 Å². The van der Waals surface area contributed by atoms with E-state index < -0.39 is 0 Å². The standard InChI is InChI=1S/C12H9ClN4O/c1-18-12-15-11-14-9(7-10(13)17(11)16-12)8-5-3-2-4-6-8/h2-7H,1H3. The number of halogens is 1. The van der Waals surface area contributed by atoms with Crippen LogP contribution in [0.5, 0.6) is 6.01 Å². The summed E-state index contributed by atoms with van der Waals surface area (Å²) < 4.78 is 6.40. The number of methoxy groups -OCH3 is 1. The summed E-state index contributed by atoms with van der Waals surface area (Å²) >= 11 is 6.15. The monoisotopic (exact) mass is 260 g/mol. The first kappa shape index (κ1) is 11.0. The quantitative estimate of drug-likeness (QED) is 0.664. The highest BCUT2D eigenvalue weighted by Gasteiger charge is 2.10. The van der Waals surface area contributed by atoms with Crippen molar-refractivity contribution in [2.45, 2.75) is 0 Å². The number of aromatic nitrogens is 4. The SMILES string of the molecule is COc1nc2nc(-c3ccccc3)cc(Cl)n2n1. The molecular formula is C12H9ClN4O. The van der Waals surface area contributed by atoms with Gasteiger partial charge in [0.15, 0.2) is 0 Å². The van der Waals surface area contributed by atoms with Crippen LogP contribution in [0.1, 0.15) is 0 Å². The van der Waals surface area contributed by atoms with Gasteiger partial charge < -0.3 is 4.74 Å². The van der Waals surface area contributed by atoms with Gasteiger partial charge in [-0.1, -0.05) is 41.9 Å². The van der Waals surface area contributed by atoms with Gasteiger partial charge in [-0.2, -0.15) is 9.50 Å². The van der Waals surface area contributed by atoms with Crippen LogP contribution < -0.4 is 4.74 Å². The number of hydrogen-bond donors (Lipinski definition) is 0. The zero-order valence-corrected chi connectivity index (χ0v) is 10.3. The molecule has 0 saturated heterocycles. The molecule has 0 atom stereocenters. The number of fused-ring (bicyclic) bond motifs is 1. The fourth-order valence-electron chi connectivity index (χ4n) is 1.66. The molecule has 0 aliphatic heterocycles. The number of rotatable bonds is 2. The van der Waals surface area contributed by atoms with Crippen LogP contribution in [0.25, 0.3) is 17.0 Å². The zero-order chi connectivity index (χ0) is 12.5. The molecule has 2 aromatic heterocycles. The summed E-state index contributed by atoms with van der Waals surface area (Å²) in [5.74, 6) is 0.415. The van der Waals surface area contributed by atoms with Crippen molar-refractivity contribution in [3.8, 4) is 17.3 Å². The minimum absolute atomic E-state index is 0.245. The second-order valence-corrected chi connectivity index (χ2v) is 4.03. The Kier molecular flexibility index (Phi) is 2.60. The van der Waals surface area contributed by atoms with Gasteiger partial charge in [-0.15, -0.1) is 5.10 Å². The van der Waals surface area contributed by atoms with Crippen molar-refractivity contribution in [1.82, 2.24) is 19.6 Å². The molecule has 90 valence electrons. The van der Waals surface area contributed by atoms with E-state index in [1.165, 1.54) is 11.6 Å². The fraction of sp³-hybridized carbons (Fsp3) is 0.0833. The third-order valence-electron chi connectivity index (χ3n) is 2.50. The largest absolute Gasteiger partial charge is 0.466 e. The van der Waals surface area contributed by atoms with E-state index in [4.69, 9.17) is 16.3 Å². The van der Waals surface area contributed by atoms with Crippen molar-refractivity contribution >= 4 is 17.4 Å². The van der Waals surface area contributed by atoms with Crippen LogP contribution in [0.3, 0.4) is 0 Å². The molecule has 6 heteroatoms. The summed E-state index contributed by atoms with van der Waals surface area (Å²) in [6.45, 7) is 0. The predicted molar refractivity (Wildman–Crippen MR) is 67.8 cm³/mol. The molecule has 1 aromatic carbocycles. The summed E-state index contributed by atoms with van der Waals surface area (Å²) in [5.41, 5.74) is 1.73. The maximum absolute atomic E-state index is 6.15. The summed E-state index contributed by atoms with van der Waals surface area (Å²) in [5, 5.41) is 4.49. The number of nitrogens with zero attached hydrogens (tertiary/aromatic N) is 4. The summed E-state index contributed by atoms with van der Waals surface area (Å²) in [6, 6.07) is 11.8. The van der Waals surface area contributed by atoms with Gasteiger partial charge in [0.1, 0.15) is 5.15 Å². The van der Waals surface area contributed by atoms with Crippen LogP contribution in [-0.4, -0.2) is 26.7 Å². The van der Waals surface area contributed by atoms with Crippen LogP contribution in [0.4, 0.5) is 0 Å². The maximum Gasteiger partial charge on any atom is 0.337 e. The van der Waals surface area contributed by atoms with Gasteiger partial charge in [0.2, 0.25) is 0 Å². The van der Waals surface area contributed by atoms with Gasteiger partial charge in [-0.25, -0.2) is 4.98 Å². The first-order valence-corrected chi connectivity index (χ1v) is 5.68. The van der Waals surface area contributed by atoms with E-state index in [9.17, 15) is 0 Å². The highest BCUT2D eigenvalue weighted by Crippen LogP contribution is 2.22. The van der Waals surface area contributed by atoms with Gasteiger partial charge in [-0.05, 0) is 0 Å². The molecule has 0 fully saturated rings. The first-order valence-electron chi connectivity index (χ1n) is 5.30. The first-order chi connectivity index (χ1) is 8.78. The summed E-state index contributed by atoms with van der Waals surface area (Å²) in [6.07, 6.45) is 0. The predicted octanol–water partition coefficient (Wildman–Crippen LogP) is 2.45. The molecule has 0 N–H and O–H groups in total. The van der Waals surface area contributed by atoms with Gasteiger partial charge in [0.25, 0.3) is 5.78 Å². The van der Waals surface area contributed by atoms with Crippen LogP contribution in [0, 0.1) is 0 Å². The van der Waals surface area contributed by atoms with E-state index >= 15 is 0 Å². The number of benzene rings is 1.